The van der Waals surface area contributed by atoms with E-state index in [9.17, 15) is 9.18 Å². The van der Waals surface area contributed by atoms with Crippen molar-refractivity contribution >= 4 is 23.1 Å². The van der Waals surface area contributed by atoms with Gasteiger partial charge >= 0.3 is 0 Å². The normalized spacial score (nSPS) is 14.9. The minimum atomic E-state index is -0.287. The number of piperidine rings is 1. The largest absolute Gasteiger partial charge is 0.303 e. The van der Waals surface area contributed by atoms with Crippen LogP contribution in [0.5, 0.6) is 0 Å². The fourth-order valence-electron chi connectivity index (χ4n) is 4.49. The van der Waals surface area contributed by atoms with Crippen LogP contribution in [0.3, 0.4) is 0 Å². The predicted molar refractivity (Wildman–Crippen MR) is 134 cm³/mol. The van der Waals surface area contributed by atoms with Crippen molar-refractivity contribution in [1.29, 1.82) is 0 Å². The lowest BCUT2D eigenvalue weighted by Crippen LogP contribution is -2.48. The van der Waals surface area contributed by atoms with Crippen LogP contribution in [-0.4, -0.2) is 46.3 Å². The predicted octanol–water partition coefficient (Wildman–Crippen LogP) is 5.43. The van der Waals surface area contributed by atoms with E-state index in [0.717, 1.165) is 44.6 Å². The van der Waals surface area contributed by atoms with Crippen molar-refractivity contribution in [3.63, 3.8) is 0 Å². The van der Waals surface area contributed by atoms with Gasteiger partial charge in [-0.1, -0.05) is 36.4 Å². The van der Waals surface area contributed by atoms with Gasteiger partial charge in [0.05, 0.1) is 10.6 Å². The molecule has 1 saturated heterocycles. The standard InChI is InChI=1S/C27H27FN4OS/c28-22-8-10-23(11-9-22)31-19-15-26(29-31)32(27(33)25-7-4-20-34-25)24-13-17-30(18-14-24)16-12-21-5-2-1-3-6-21/h1-11,15,19-20,24H,12-14,16-18H2. The van der Waals surface area contributed by atoms with Gasteiger partial charge in [-0.15, -0.1) is 16.4 Å². The highest BCUT2D eigenvalue weighted by atomic mass is 32.1. The third kappa shape index (κ3) is 5.11. The molecule has 0 radical (unpaired) electrons. The van der Waals surface area contributed by atoms with Gasteiger partial charge in [-0.2, -0.15) is 0 Å². The molecule has 0 unspecified atom stereocenters. The van der Waals surface area contributed by atoms with E-state index in [4.69, 9.17) is 5.10 Å². The van der Waals surface area contributed by atoms with Gasteiger partial charge in [-0.05, 0) is 60.5 Å². The van der Waals surface area contributed by atoms with E-state index in [1.165, 1.54) is 29.0 Å². The van der Waals surface area contributed by atoms with Crippen LogP contribution in [0.2, 0.25) is 0 Å². The van der Waals surface area contributed by atoms with Crippen LogP contribution in [0.25, 0.3) is 5.69 Å². The van der Waals surface area contributed by atoms with E-state index in [1.807, 2.05) is 40.7 Å². The lowest BCUT2D eigenvalue weighted by atomic mass is 10.0. The number of carbonyl (C=O) groups excluding carboxylic acids is 1. The van der Waals surface area contributed by atoms with Crippen LogP contribution in [0.15, 0.2) is 84.4 Å². The monoisotopic (exact) mass is 474 g/mol. The molecule has 0 spiro atoms. The van der Waals surface area contributed by atoms with E-state index in [2.05, 4.69) is 29.2 Å². The second kappa shape index (κ2) is 10.3. The molecule has 0 bridgehead atoms. The van der Waals surface area contributed by atoms with Gasteiger partial charge < -0.3 is 4.90 Å². The molecule has 3 heterocycles. The number of amides is 1. The average molecular weight is 475 g/mol. The molecule has 34 heavy (non-hydrogen) atoms. The molecule has 5 rings (SSSR count). The third-order valence-corrected chi connectivity index (χ3v) is 7.20. The number of nitrogens with zero attached hydrogens (tertiary/aromatic N) is 4. The molecule has 0 saturated carbocycles. The summed E-state index contributed by atoms with van der Waals surface area (Å²) in [6.07, 6.45) is 4.66. The van der Waals surface area contributed by atoms with Crippen molar-refractivity contribution in [2.24, 2.45) is 0 Å². The zero-order chi connectivity index (χ0) is 23.3. The van der Waals surface area contributed by atoms with E-state index in [0.29, 0.717) is 10.7 Å². The van der Waals surface area contributed by atoms with Gasteiger partial charge in [0.1, 0.15) is 5.82 Å². The number of carbonyl (C=O) groups is 1. The fraction of sp³-hybridized carbons (Fsp3) is 0.259. The summed E-state index contributed by atoms with van der Waals surface area (Å²) in [6.45, 7) is 2.92. The van der Waals surface area contributed by atoms with Crippen molar-refractivity contribution in [2.45, 2.75) is 25.3 Å². The van der Waals surface area contributed by atoms with Gasteiger partial charge in [0.25, 0.3) is 5.91 Å². The first-order chi connectivity index (χ1) is 16.7. The first kappa shape index (κ1) is 22.5. The Labute approximate surface area is 203 Å². The number of thiophene rings is 1. The molecule has 1 aliphatic rings. The SMILES string of the molecule is O=C(c1cccs1)N(c1ccn(-c2ccc(F)cc2)n1)C1CCN(CCc2ccccc2)CC1. The van der Waals surface area contributed by atoms with Gasteiger partial charge in [-0.3, -0.25) is 9.69 Å². The molecule has 0 aliphatic carbocycles. The number of benzene rings is 2. The maximum absolute atomic E-state index is 13.5. The van der Waals surface area contributed by atoms with E-state index >= 15 is 0 Å². The molecular formula is C27H27FN4OS. The molecule has 4 aromatic rings. The maximum atomic E-state index is 13.5. The molecule has 5 nitrogen and oxygen atoms in total. The lowest BCUT2D eigenvalue weighted by Gasteiger charge is -2.37. The van der Waals surface area contributed by atoms with Crippen molar-refractivity contribution in [2.75, 3.05) is 24.5 Å². The molecule has 1 amide bonds. The average Bonchev–Trinajstić information content (AvgIpc) is 3.58. The Bertz CT molecular complexity index is 1200. The van der Waals surface area contributed by atoms with Crippen LogP contribution >= 0.6 is 11.3 Å². The van der Waals surface area contributed by atoms with Gasteiger partial charge in [-0.25, -0.2) is 9.07 Å². The quantitative estimate of drug-likeness (QED) is 0.359. The van der Waals surface area contributed by atoms with Crippen molar-refractivity contribution < 1.29 is 9.18 Å². The minimum absolute atomic E-state index is 0.0120. The van der Waals surface area contributed by atoms with Crippen LogP contribution in [-0.2, 0) is 6.42 Å². The highest BCUT2D eigenvalue weighted by Gasteiger charge is 2.31. The number of hydrogen-bond acceptors (Lipinski definition) is 4. The zero-order valence-electron chi connectivity index (χ0n) is 18.9. The third-order valence-electron chi connectivity index (χ3n) is 6.35. The van der Waals surface area contributed by atoms with Gasteiger partial charge in [0.15, 0.2) is 5.82 Å². The summed E-state index contributed by atoms with van der Waals surface area (Å²) in [7, 11) is 0. The topological polar surface area (TPSA) is 41.4 Å². The zero-order valence-corrected chi connectivity index (χ0v) is 19.7. The van der Waals surface area contributed by atoms with Crippen molar-refractivity contribution in [1.82, 2.24) is 14.7 Å². The summed E-state index contributed by atoms with van der Waals surface area (Å²) in [6, 6.07) is 22.5. The molecule has 0 atom stereocenters. The Morgan fingerprint density at radius 2 is 1.76 bits per heavy atom. The molecule has 7 heteroatoms. The summed E-state index contributed by atoms with van der Waals surface area (Å²) in [5.74, 6) is 0.331. The van der Waals surface area contributed by atoms with Crippen LogP contribution in [0, 0.1) is 5.82 Å². The highest BCUT2D eigenvalue weighted by Crippen LogP contribution is 2.27. The maximum Gasteiger partial charge on any atom is 0.269 e. The Morgan fingerprint density at radius 3 is 2.47 bits per heavy atom. The van der Waals surface area contributed by atoms with Crippen LogP contribution in [0.1, 0.15) is 28.1 Å². The molecular weight excluding hydrogens is 447 g/mol. The van der Waals surface area contributed by atoms with Crippen molar-refractivity contribution in [3.8, 4) is 5.69 Å². The number of rotatable bonds is 7. The number of hydrogen-bond donors (Lipinski definition) is 0. The summed E-state index contributed by atoms with van der Waals surface area (Å²) in [5.41, 5.74) is 2.11. The molecule has 2 aromatic carbocycles. The Kier molecular flexibility index (Phi) is 6.83. The summed E-state index contributed by atoms with van der Waals surface area (Å²) in [4.78, 5) is 18.6. The molecule has 1 aliphatic heterocycles. The summed E-state index contributed by atoms with van der Waals surface area (Å²) in [5, 5.41) is 6.63. The van der Waals surface area contributed by atoms with Crippen LogP contribution in [0.4, 0.5) is 10.2 Å². The molecule has 0 N–H and O–H groups in total. The minimum Gasteiger partial charge on any atom is -0.303 e. The molecule has 1 fully saturated rings. The van der Waals surface area contributed by atoms with E-state index < -0.39 is 0 Å². The van der Waals surface area contributed by atoms with Gasteiger partial charge in [0, 0.05) is 37.9 Å². The Balaban J connectivity index is 1.31. The number of aromatic nitrogens is 2. The first-order valence-corrected chi connectivity index (χ1v) is 12.5. The van der Waals surface area contributed by atoms with Crippen LogP contribution < -0.4 is 4.90 Å². The first-order valence-electron chi connectivity index (χ1n) is 11.6. The van der Waals surface area contributed by atoms with E-state index in [-0.39, 0.29) is 17.8 Å². The smallest absolute Gasteiger partial charge is 0.269 e. The van der Waals surface area contributed by atoms with E-state index in [1.54, 1.807) is 16.8 Å². The Morgan fingerprint density at radius 1 is 1.00 bits per heavy atom. The lowest BCUT2D eigenvalue weighted by molar-refractivity contribution is 0.0963. The summed E-state index contributed by atoms with van der Waals surface area (Å²) < 4.78 is 15.0. The fourth-order valence-corrected chi connectivity index (χ4v) is 5.15. The van der Waals surface area contributed by atoms with Crippen molar-refractivity contribution in [3.05, 3.63) is 101 Å². The summed E-state index contributed by atoms with van der Waals surface area (Å²) >= 11 is 1.45. The Hall–Kier alpha value is -3.29. The number of halogens is 1. The van der Waals surface area contributed by atoms with Gasteiger partial charge in [0.2, 0.25) is 0 Å². The second-order valence-corrected chi connectivity index (χ2v) is 9.50. The number of anilines is 1. The molecule has 174 valence electrons. The second-order valence-electron chi connectivity index (χ2n) is 8.56. The number of likely N-dealkylation sites (tertiary alicyclic amines) is 1. The highest BCUT2D eigenvalue weighted by molar-refractivity contribution is 7.12. The molecule has 2 aromatic heterocycles.